The van der Waals surface area contributed by atoms with Crippen LogP contribution in [0.3, 0.4) is 0 Å². The number of aromatic amines is 1. The van der Waals surface area contributed by atoms with Crippen molar-refractivity contribution in [3.05, 3.63) is 70.9 Å². The van der Waals surface area contributed by atoms with Gasteiger partial charge in [0, 0.05) is 22.6 Å². The molecule has 2 atom stereocenters. The van der Waals surface area contributed by atoms with Gasteiger partial charge in [0.15, 0.2) is 0 Å². The molecule has 1 fully saturated rings. The van der Waals surface area contributed by atoms with Gasteiger partial charge < -0.3 is 9.72 Å². The summed E-state index contributed by atoms with van der Waals surface area (Å²) in [6, 6.07) is 18.0. The van der Waals surface area contributed by atoms with Crippen LogP contribution >= 0.6 is 0 Å². The zero-order valence-electron chi connectivity index (χ0n) is 18.2. The van der Waals surface area contributed by atoms with Gasteiger partial charge in [-0.15, -0.1) is 0 Å². The van der Waals surface area contributed by atoms with E-state index >= 15 is 0 Å². The van der Waals surface area contributed by atoms with E-state index in [1.54, 1.807) is 0 Å². The number of fused-ring (bicyclic) bond motifs is 1. The molecular formula is C26H29N3O2. The number of carbonyl (C=O) groups excluding carboxylic acids is 1. The summed E-state index contributed by atoms with van der Waals surface area (Å²) in [5.41, 5.74) is 5.14. The van der Waals surface area contributed by atoms with Crippen molar-refractivity contribution in [1.82, 2.24) is 9.88 Å². The molecule has 0 saturated carbocycles. The number of nitrogens with one attached hydrogen (secondary N) is 1. The highest BCUT2D eigenvalue weighted by atomic mass is 16.5. The van der Waals surface area contributed by atoms with Gasteiger partial charge >= 0.3 is 5.97 Å². The van der Waals surface area contributed by atoms with Gasteiger partial charge in [-0.05, 0) is 69.3 Å². The summed E-state index contributed by atoms with van der Waals surface area (Å²) in [6.07, 6.45) is 4.06. The third-order valence-corrected chi connectivity index (χ3v) is 6.40. The van der Waals surface area contributed by atoms with Gasteiger partial charge in [0.25, 0.3) is 0 Å². The average Bonchev–Trinajstić information content (AvgIpc) is 3.37. The molecule has 2 heterocycles. The summed E-state index contributed by atoms with van der Waals surface area (Å²) < 4.78 is 5.45. The predicted octanol–water partition coefficient (Wildman–Crippen LogP) is 5.05. The van der Waals surface area contributed by atoms with Crippen LogP contribution in [0.25, 0.3) is 10.9 Å². The molecule has 1 N–H and O–H groups in total. The lowest BCUT2D eigenvalue weighted by Gasteiger charge is -2.32. The maximum Gasteiger partial charge on any atom is 0.328 e. The molecule has 0 radical (unpaired) electrons. The van der Waals surface area contributed by atoms with Crippen molar-refractivity contribution in [2.45, 2.75) is 51.6 Å². The molecule has 4 rings (SSSR count). The van der Waals surface area contributed by atoms with E-state index in [0.29, 0.717) is 18.2 Å². The fourth-order valence-electron chi connectivity index (χ4n) is 4.85. The number of aromatic nitrogens is 1. The monoisotopic (exact) mass is 415 g/mol. The molecule has 0 bridgehead atoms. The Balaban J connectivity index is 1.54. The molecule has 31 heavy (non-hydrogen) atoms. The van der Waals surface area contributed by atoms with Gasteiger partial charge in [0.05, 0.1) is 18.2 Å². The second-order valence-corrected chi connectivity index (χ2v) is 8.24. The van der Waals surface area contributed by atoms with E-state index in [-0.39, 0.29) is 12.0 Å². The standard InChI is InChI=1S/C26H29N3O2/c1-3-31-26(30)25(20-8-5-4-6-9-20)29-15-7-10-21(29)12-14-23-18(2)22-13-11-19(17-27)16-24(22)28-23/h4-6,8-9,11,13,16,21,25,28H,3,7,10,12,14-15H2,1-2H3/t21-,25?/m0/s1. The van der Waals surface area contributed by atoms with Crippen LogP contribution in [0.2, 0.25) is 0 Å². The van der Waals surface area contributed by atoms with Crippen LogP contribution in [0.5, 0.6) is 0 Å². The minimum Gasteiger partial charge on any atom is -0.465 e. The largest absolute Gasteiger partial charge is 0.465 e. The first-order valence-electron chi connectivity index (χ1n) is 11.1. The highest BCUT2D eigenvalue weighted by Gasteiger charge is 2.36. The zero-order valence-corrected chi connectivity index (χ0v) is 18.2. The van der Waals surface area contributed by atoms with Crippen LogP contribution in [0.1, 0.15) is 54.6 Å². The lowest BCUT2D eigenvalue weighted by Crippen LogP contribution is -2.39. The SMILES string of the molecule is CCOC(=O)C(c1ccccc1)N1CCC[C@H]1CCc1[nH]c2cc(C#N)ccc2c1C. The first kappa shape index (κ1) is 21.1. The fraction of sp³-hybridized carbons (Fsp3) is 0.385. The minimum atomic E-state index is -0.351. The molecule has 160 valence electrons. The third kappa shape index (κ3) is 4.35. The van der Waals surface area contributed by atoms with E-state index < -0.39 is 0 Å². The van der Waals surface area contributed by atoms with E-state index in [9.17, 15) is 10.1 Å². The number of likely N-dealkylation sites (tertiary alicyclic amines) is 1. The number of esters is 1. The molecule has 1 unspecified atom stereocenters. The summed E-state index contributed by atoms with van der Waals surface area (Å²) in [6.45, 7) is 5.29. The highest BCUT2D eigenvalue weighted by Crippen LogP contribution is 2.33. The molecule has 1 aliphatic heterocycles. The summed E-state index contributed by atoms with van der Waals surface area (Å²) in [5.74, 6) is -0.161. The number of nitrogens with zero attached hydrogens (tertiary/aromatic N) is 2. The first-order valence-corrected chi connectivity index (χ1v) is 11.1. The van der Waals surface area contributed by atoms with E-state index in [2.05, 4.69) is 22.9 Å². The number of nitriles is 1. The molecule has 5 nitrogen and oxygen atoms in total. The van der Waals surface area contributed by atoms with Crippen molar-refractivity contribution in [1.29, 1.82) is 5.26 Å². The maximum atomic E-state index is 12.9. The molecule has 3 aromatic rings. The highest BCUT2D eigenvalue weighted by molar-refractivity contribution is 5.85. The van der Waals surface area contributed by atoms with E-state index in [4.69, 9.17) is 4.74 Å². The number of rotatable bonds is 7. The molecule has 1 aliphatic rings. The topological polar surface area (TPSA) is 69.1 Å². The molecule has 1 saturated heterocycles. The predicted molar refractivity (Wildman–Crippen MR) is 122 cm³/mol. The van der Waals surface area contributed by atoms with Gasteiger partial charge in [0.1, 0.15) is 6.04 Å². The van der Waals surface area contributed by atoms with Crippen LogP contribution < -0.4 is 0 Å². The second kappa shape index (κ2) is 9.36. The Bertz CT molecular complexity index is 1100. The lowest BCUT2D eigenvalue weighted by atomic mass is 10.0. The number of hydrogen-bond donors (Lipinski definition) is 1. The molecule has 1 aromatic heterocycles. The van der Waals surface area contributed by atoms with Gasteiger partial charge in [-0.2, -0.15) is 5.26 Å². The maximum absolute atomic E-state index is 12.9. The van der Waals surface area contributed by atoms with Gasteiger partial charge in [0.2, 0.25) is 0 Å². The van der Waals surface area contributed by atoms with Gasteiger partial charge in [-0.3, -0.25) is 4.90 Å². The smallest absolute Gasteiger partial charge is 0.328 e. The summed E-state index contributed by atoms with van der Waals surface area (Å²) >= 11 is 0. The molecule has 0 amide bonds. The number of hydrogen-bond acceptors (Lipinski definition) is 4. The van der Waals surface area contributed by atoms with Gasteiger partial charge in [-0.1, -0.05) is 36.4 Å². The Morgan fingerprint density at radius 1 is 1.29 bits per heavy atom. The fourth-order valence-corrected chi connectivity index (χ4v) is 4.85. The van der Waals surface area contributed by atoms with Crippen molar-refractivity contribution in [2.75, 3.05) is 13.2 Å². The Hall–Kier alpha value is -3.10. The molecule has 0 aliphatic carbocycles. The van der Waals surface area contributed by atoms with Crippen LogP contribution in [0.4, 0.5) is 0 Å². The quantitative estimate of drug-likeness (QED) is 0.548. The third-order valence-electron chi connectivity index (χ3n) is 6.40. The lowest BCUT2D eigenvalue weighted by molar-refractivity contribution is -0.150. The van der Waals surface area contributed by atoms with Crippen molar-refractivity contribution < 1.29 is 9.53 Å². The van der Waals surface area contributed by atoms with E-state index in [1.807, 2.05) is 55.5 Å². The Kier molecular flexibility index (Phi) is 6.39. The number of benzene rings is 2. The summed E-state index contributed by atoms with van der Waals surface area (Å²) in [7, 11) is 0. The number of H-pyrrole nitrogens is 1. The van der Waals surface area contributed by atoms with Crippen LogP contribution in [0.15, 0.2) is 48.5 Å². The Morgan fingerprint density at radius 2 is 2.10 bits per heavy atom. The van der Waals surface area contributed by atoms with Gasteiger partial charge in [-0.25, -0.2) is 4.79 Å². The first-order chi connectivity index (χ1) is 15.1. The van der Waals surface area contributed by atoms with Crippen molar-refractivity contribution in [3.8, 4) is 6.07 Å². The van der Waals surface area contributed by atoms with Crippen LogP contribution in [-0.2, 0) is 16.0 Å². The van der Waals surface area contributed by atoms with Crippen molar-refractivity contribution in [3.63, 3.8) is 0 Å². The normalized spacial score (nSPS) is 17.5. The van der Waals surface area contributed by atoms with E-state index in [1.165, 1.54) is 16.6 Å². The minimum absolute atomic E-state index is 0.161. The number of carbonyl (C=O) groups is 1. The Labute approximate surface area is 183 Å². The number of ether oxygens (including phenoxy) is 1. The number of aryl methyl sites for hydroxylation is 2. The zero-order chi connectivity index (χ0) is 21.8. The van der Waals surface area contributed by atoms with Crippen LogP contribution in [-0.4, -0.2) is 35.0 Å². The Morgan fingerprint density at radius 3 is 2.84 bits per heavy atom. The van der Waals surface area contributed by atoms with Crippen molar-refractivity contribution >= 4 is 16.9 Å². The van der Waals surface area contributed by atoms with Crippen LogP contribution in [0, 0.1) is 18.3 Å². The summed E-state index contributed by atoms with van der Waals surface area (Å²) in [4.78, 5) is 18.7. The second-order valence-electron chi connectivity index (χ2n) is 8.24. The summed E-state index contributed by atoms with van der Waals surface area (Å²) in [5, 5.41) is 10.3. The molecular weight excluding hydrogens is 386 g/mol. The van der Waals surface area contributed by atoms with Crippen molar-refractivity contribution in [2.24, 2.45) is 0 Å². The molecule has 2 aromatic carbocycles. The molecule has 0 spiro atoms. The van der Waals surface area contributed by atoms with E-state index in [0.717, 1.165) is 43.3 Å². The molecule has 5 heteroatoms. The average molecular weight is 416 g/mol.